The lowest BCUT2D eigenvalue weighted by Gasteiger charge is -2.46. The number of unbranched alkanes of at least 4 members (excludes halogenated alkanes) is 19. The number of hydrogen-bond donors (Lipinski definition) is 9. The number of ether oxygens (including phenoxy) is 4. The maximum atomic E-state index is 13.2. The van der Waals surface area contributed by atoms with E-state index in [1.54, 1.807) is 6.08 Å². The lowest BCUT2D eigenvalue weighted by molar-refractivity contribution is -0.359. The molecule has 2 fully saturated rings. The highest BCUT2D eigenvalue weighted by Gasteiger charge is 2.51. The molecule has 0 bridgehead atoms. The van der Waals surface area contributed by atoms with Gasteiger partial charge in [0.15, 0.2) is 12.6 Å². The number of nitrogens with one attached hydrogen (secondary N) is 1. The first-order valence-corrected chi connectivity index (χ1v) is 31.1. The SMILES string of the molecule is CC/C=C\C/C=C\C/C=C\C/C=C\C/C=C\C/C=C\C/C=C\CCCCCCCCCCCCCCCC(=O)NC(COC1OC(CO)C(OC2OC(CO)C(O)C(O)C2O)C(O)C1O)C(O)/C=C/CC/C=C/CCCCCCC. The molecule has 2 rings (SSSR count). The van der Waals surface area contributed by atoms with E-state index in [1.165, 1.54) is 89.9 Å². The van der Waals surface area contributed by atoms with E-state index in [0.29, 0.717) is 12.8 Å². The molecule has 14 heteroatoms. The summed E-state index contributed by atoms with van der Waals surface area (Å²) >= 11 is 0. The van der Waals surface area contributed by atoms with Crippen molar-refractivity contribution in [3.63, 3.8) is 0 Å². The zero-order valence-electron chi connectivity index (χ0n) is 49.3. The summed E-state index contributed by atoms with van der Waals surface area (Å²) in [6, 6.07) is -0.937. The van der Waals surface area contributed by atoms with E-state index in [9.17, 15) is 45.6 Å². The summed E-state index contributed by atoms with van der Waals surface area (Å²) in [5.41, 5.74) is 0. The number of carbonyl (C=O) groups excluding carboxylic acids is 1. The van der Waals surface area contributed by atoms with E-state index in [0.717, 1.165) is 83.5 Å². The summed E-state index contributed by atoms with van der Waals surface area (Å²) in [4.78, 5) is 13.2. The summed E-state index contributed by atoms with van der Waals surface area (Å²) in [7, 11) is 0. The highest BCUT2D eigenvalue weighted by atomic mass is 16.7. The normalized spacial score (nSPS) is 25.0. The van der Waals surface area contributed by atoms with Crippen molar-refractivity contribution in [1.29, 1.82) is 0 Å². The molecule has 2 saturated heterocycles. The minimum Gasteiger partial charge on any atom is -0.394 e. The quantitative estimate of drug-likeness (QED) is 0.0204. The van der Waals surface area contributed by atoms with Crippen molar-refractivity contribution >= 4 is 5.91 Å². The van der Waals surface area contributed by atoms with Gasteiger partial charge in [-0.2, -0.15) is 0 Å². The van der Waals surface area contributed by atoms with Crippen LogP contribution in [0.3, 0.4) is 0 Å². The van der Waals surface area contributed by atoms with Crippen molar-refractivity contribution in [1.82, 2.24) is 5.32 Å². The zero-order valence-corrected chi connectivity index (χ0v) is 49.3. The van der Waals surface area contributed by atoms with Gasteiger partial charge in [-0.15, -0.1) is 0 Å². The first kappa shape index (κ1) is 72.8. The Morgan fingerprint density at radius 1 is 0.463 bits per heavy atom. The van der Waals surface area contributed by atoms with E-state index >= 15 is 0 Å². The zero-order chi connectivity index (χ0) is 58.1. The van der Waals surface area contributed by atoms with Crippen LogP contribution in [0.4, 0.5) is 0 Å². The number of aliphatic hydroxyl groups excluding tert-OH is 8. The topological polar surface area (TPSA) is 228 Å². The highest BCUT2D eigenvalue weighted by Crippen LogP contribution is 2.30. The third kappa shape index (κ3) is 34.9. The van der Waals surface area contributed by atoms with Gasteiger partial charge in [-0.05, 0) is 89.9 Å². The predicted octanol–water partition coefficient (Wildman–Crippen LogP) is 11.2. The lowest BCUT2D eigenvalue weighted by Crippen LogP contribution is -2.65. The van der Waals surface area contributed by atoms with Crippen molar-refractivity contribution < 1.29 is 64.6 Å². The average Bonchev–Trinajstić information content (AvgIpc) is 3.46. The van der Waals surface area contributed by atoms with Crippen LogP contribution in [0.2, 0.25) is 0 Å². The number of amides is 1. The monoisotopic (exact) mass is 1130 g/mol. The van der Waals surface area contributed by atoms with Crippen molar-refractivity contribution in [2.24, 2.45) is 0 Å². The predicted molar refractivity (Wildman–Crippen MR) is 322 cm³/mol. The van der Waals surface area contributed by atoms with Crippen LogP contribution in [-0.2, 0) is 23.7 Å². The first-order valence-electron chi connectivity index (χ1n) is 31.1. The van der Waals surface area contributed by atoms with Crippen LogP contribution >= 0.6 is 0 Å². The van der Waals surface area contributed by atoms with E-state index in [4.69, 9.17) is 18.9 Å². The minimum absolute atomic E-state index is 0.257. The van der Waals surface area contributed by atoms with Crippen LogP contribution in [0, 0.1) is 0 Å². The number of allylic oxidation sites excluding steroid dienone is 17. The molecule has 458 valence electrons. The molecular formula is C66H111NO13. The molecule has 0 radical (unpaired) electrons. The van der Waals surface area contributed by atoms with E-state index in [-0.39, 0.29) is 18.9 Å². The van der Waals surface area contributed by atoms with Gasteiger partial charge in [0.05, 0.1) is 32.0 Å². The van der Waals surface area contributed by atoms with Crippen LogP contribution in [0.5, 0.6) is 0 Å². The maximum absolute atomic E-state index is 13.2. The van der Waals surface area contributed by atoms with Gasteiger partial charge in [0.2, 0.25) is 5.91 Å². The second-order valence-electron chi connectivity index (χ2n) is 21.4. The Bertz CT molecular complexity index is 1760. The van der Waals surface area contributed by atoms with Crippen LogP contribution in [0.15, 0.2) is 109 Å². The fourth-order valence-electron chi connectivity index (χ4n) is 9.46. The smallest absolute Gasteiger partial charge is 0.220 e. The maximum Gasteiger partial charge on any atom is 0.220 e. The molecular weight excluding hydrogens is 1010 g/mol. The van der Waals surface area contributed by atoms with Crippen molar-refractivity contribution in [3.8, 4) is 0 Å². The van der Waals surface area contributed by atoms with Crippen molar-refractivity contribution in [3.05, 3.63) is 109 Å². The van der Waals surface area contributed by atoms with Gasteiger partial charge in [-0.25, -0.2) is 0 Å². The summed E-state index contributed by atoms with van der Waals surface area (Å²) in [6.45, 7) is 2.61. The summed E-state index contributed by atoms with van der Waals surface area (Å²) in [5, 5.41) is 86.9. The van der Waals surface area contributed by atoms with Gasteiger partial charge in [0.1, 0.15) is 48.8 Å². The van der Waals surface area contributed by atoms with Gasteiger partial charge in [0, 0.05) is 6.42 Å². The Labute approximate surface area is 483 Å². The lowest BCUT2D eigenvalue weighted by atomic mass is 9.97. The van der Waals surface area contributed by atoms with Gasteiger partial charge in [0.25, 0.3) is 0 Å². The Morgan fingerprint density at radius 2 is 0.875 bits per heavy atom. The Hall–Kier alpha value is -3.35. The molecule has 1 amide bonds. The molecule has 9 N–H and O–H groups in total. The summed E-state index contributed by atoms with van der Waals surface area (Å²) in [6.07, 6.45) is 54.4. The van der Waals surface area contributed by atoms with Crippen molar-refractivity contribution in [2.45, 2.75) is 280 Å². The van der Waals surface area contributed by atoms with Crippen LogP contribution in [0.1, 0.15) is 206 Å². The van der Waals surface area contributed by atoms with E-state index in [1.807, 2.05) is 6.08 Å². The molecule has 2 aliphatic rings. The third-order valence-corrected chi connectivity index (χ3v) is 14.4. The van der Waals surface area contributed by atoms with Crippen LogP contribution < -0.4 is 5.32 Å². The Balaban J connectivity index is 1.63. The number of carbonyl (C=O) groups is 1. The van der Waals surface area contributed by atoms with E-state index < -0.39 is 86.8 Å². The number of hydrogen-bond acceptors (Lipinski definition) is 13. The van der Waals surface area contributed by atoms with Gasteiger partial charge < -0.3 is 65.1 Å². The van der Waals surface area contributed by atoms with Crippen molar-refractivity contribution in [2.75, 3.05) is 19.8 Å². The fourth-order valence-corrected chi connectivity index (χ4v) is 9.46. The molecule has 0 spiro atoms. The van der Waals surface area contributed by atoms with Gasteiger partial charge >= 0.3 is 0 Å². The highest BCUT2D eigenvalue weighted by molar-refractivity contribution is 5.76. The standard InChI is InChI=1S/C66H111NO13/c1-3-5-7-9-11-13-15-16-17-18-19-20-21-22-23-24-25-26-27-28-29-30-31-32-33-34-35-36-37-38-40-42-44-46-48-50-58(71)67-54(55(70)49-47-45-43-41-39-14-12-10-8-6-4-2)53-77-65-63(76)61(74)64(57(52-69)79-65)80-66-62(75)60(73)59(72)56(51-68)78-66/h5,7,11,13,16-17,19-20,22-23,25-26,28-29,39,41,47,49,54-57,59-66,68-70,72-76H,3-4,6,8-10,12,14-15,18,21,24,27,30-38,40,42-46,48,50-53H2,1-2H3,(H,67,71)/b7-5-,13-11-,17-16-,20-19-,23-22-,26-25-,29-28-,41-39+,49-47+. The van der Waals surface area contributed by atoms with Gasteiger partial charge in [-0.3, -0.25) is 4.79 Å². The van der Waals surface area contributed by atoms with Crippen LogP contribution in [0.25, 0.3) is 0 Å². The number of rotatable bonds is 48. The molecule has 2 aliphatic heterocycles. The largest absolute Gasteiger partial charge is 0.394 e. The second-order valence-corrected chi connectivity index (χ2v) is 21.4. The molecule has 0 aromatic heterocycles. The average molecular weight is 1130 g/mol. The van der Waals surface area contributed by atoms with E-state index in [2.05, 4.69) is 116 Å². The molecule has 0 aromatic rings. The van der Waals surface area contributed by atoms with Crippen LogP contribution in [-0.4, -0.2) is 140 Å². The molecule has 14 nitrogen and oxygen atoms in total. The third-order valence-electron chi connectivity index (χ3n) is 14.4. The Kier molecular flexibility index (Phi) is 45.6. The molecule has 0 aliphatic carbocycles. The summed E-state index contributed by atoms with van der Waals surface area (Å²) in [5.74, 6) is -0.257. The molecule has 2 heterocycles. The minimum atomic E-state index is -1.79. The molecule has 80 heavy (non-hydrogen) atoms. The molecule has 12 unspecified atom stereocenters. The fraction of sp³-hybridized carbons (Fsp3) is 0.712. The molecule has 12 atom stereocenters. The summed E-state index contributed by atoms with van der Waals surface area (Å²) < 4.78 is 22.7. The second kappa shape index (κ2) is 50.2. The molecule has 0 aromatic carbocycles. The van der Waals surface area contributed by atoms with Gasteiger partial charge in [-0.1, -0.05) is 220 Å². The Morgan fingerprint density at radius 3 is 1.38 bits per heavy atom. The first-order chi connectivity index (χ1) is 39.1. The molecule has 0 saturated carbocycles. The number of aliphatic hydroxyl groups is 8.